The van der Waals surface area contributed by atoms with E-state index >= 15 is 0 Å². The number of aryl methyl sites for hydroxylation is 1. The molecule has 0 aliphatic heterocycles. The van der Waals surface area contributed by atoms with Crippen molar-refractivity contribution < 1.29 is 4.79 Å². The minimum absolute atomic E-state index is 0.0379. The van der Waals surface area contributed by atoms with Gasteiger partial charge in [-0.1, -0.05) is 66.4 Å². The Morgan fingerprint density at radius 3 is 2.71 bits per heavy atom. The summed E-state index contributed by atoms with van der Waals surface area (Å²) < 4.78 is 1.94. The van der Waals surface area contributed by atoms with E-state index in [1.807, 2.05) is 54.9 Å². The van der Waals surface area contributed by atoms with Crippen molar-refractivity contribution >= 4 is 17.7 Å². The quantitative estimate of drug-likeness (QED) is 0.663. The zero-order valence-electron chi connectivity index (χ0n) is 16.1. The molecule has 1 aromatic heterocycles. The molecule has 0 spiro atoms. The third-order valence-corrected chi connectivity index (χ3v) is 6.34. The van der Waals surface area contributed by atoms with E-state index in [0.29, 0.717) is 0 Å². The van der Waals surface area contributed by atoms with Gasteiger partial charge in [0, 0.05) is 12.6 Å². The highest BCUT2D eigenvalue weighted by molar-refractivity contribution is 8.00. The van der Waals surface area contributed by atoms with E-state index in [1.165, 1.54) is 22.9 Å². The molecule has 1 aliphatic carbocycles. The second-order valence-corrected chi connectivity index (χ2v) is 8.45. The normalized spacial score (nSPS) is 17.0. The predicted octanol–water partition coefficient (Wildman–Crippen LogP) is 4.16. The van der Waals surface area contributed by atoms with Crippen molar-refractivity contribution in [2.24, 2.45) is 7.05 Å². The molecule has 1 amide bonds. The van der Waals surface area contributed by atoms with Crippen molar-refractivity contribution in [3.8, 4) is 11.4 Å². The number of aromatic nitrogens is 3. The molecule has 0 saturated carbocycles. The Bertz CT molecular complexity index is 970. The maximum Gasteiger partial charge on any atom is 0.233 e. The second kappa shape index (κ2) is 8.19. The van der Waals surface area contributed by atoms with Gasteiger partial charge in [0.1, 0.15) is 0 Å². The van der Waals surface area contributed by atoms with Gasteiger partial charge < -0.3 is 9.88 Å². The lowest BCUT2D eigenvalue weighted by Crippen LogP contribution is -2.36. The lowest BCUT2D eigenvalue weighted by Gasteiger charge is -2.27. The number of carbonyl (C=O) groups excluding carboxylic acids is 1. The molecule has 0 radical (unpaired) electrons. The predicted molar refractivity (Wildman–Crippen MR) is 112 cm³/mol. The Morgan fingerprint density at radius 2 is 1.89 bits per heavy atom. The first-order valence-corrected chi connectivity index (χ1v) is 10.5. The second-order valence-electron chi connectivity index (χ2n) is 7.14. The number of nitrogens with one attached hydrogen (secondary N) is 1. The summed E-state index contributed by atoms with van der Waals surface area (Å²) in [5, 5.41) is 12.3. The van der Waals surface area contributed by atoms with Crippen LogP contribution in [0.15, 0.2) is 59.8 Å². The van der Waals surface area contributed by atoms with E-state index in [1.54, 1.807) is 0 Å². The van der Waals surface area contributed by atoms with Gasteiger partial charge in [0.05, 0.1) is 11.3 Å². The molecule has 0 saturated heterocycles. The van der Waals surface area contributed by atoms with Crippen molar-refractivity contribution in [1.82, 2.24) is 20.1 Å². The average molecular weight is 393 g/mol. The third-order valence-electron chi connectivity index (χ3n) is 5.20. The lowest BCUT2D eigenvalue weighted by molar-refractivity contribution is -0.121. The summed E-state index contributed by atoms with van der Waals surface area (Å²) >= 11 is 1.44. The molecule has 4 rings (SSSR count). The van der Waals surface area contributed by atoms with Gasteiger partial charge >= 0.3 is 0 Å². The first-order valence-electron chi connectivity index (χ1n) is 9.63. The van der Waals surface area contributed by atoms with Crippen LogP contribution in [0.25, 0.3) is 11.4 Å². The SMILES string of the molecule is CC(Sc1nnc(-c2ccccc2)n1C)C(=O)NC1CCCc2ccccc21. The van der Waals surface area contributed by atoms with Crippen molar-refractivity contribution in [3.63, 3.8) is 0 Å². The molecule has 1 aliphatic rings. The molecule has 1 N–H and O–H groups in total. The standard InChI is InChI=1S/C22H24N4OS/c1-15(21(27)23-19-14-8-12-16-9-6-7-13-18(16)19)28-22-25-24-20(26(22)2)17-10-4-3-5-11-17/h3-7,9-11,13,15,19H,8,12,14H2,1-2H3,(H,23,27). The highest BCUT2D eigenvalue weighted by Crippen LogP contribution is 2.31. The van der Waals surface area contributed by atoms with Crippen molar-refractivity contribution in [1.29, 1.82) is 0 Å². The van der Waals surface area contributed by atoms with Gasteiger partial charge in [0.2, 0.25) is 5.91 Å². The number of hydrogen-bond donors (Lipinski definition) is 1. The van der Waals surface area contributed by atoms with Crippen LogP contribution in [-0.4, -0.2) is 25.9 Å². The molecule has 0 fully saturated rings. The molecule has 144 valence electrons. The van der Waals surface area contributed by atoms with Crippen LogP contribution in [0.4, 0.5) is 0 Å². The van der Waals surface area contributed by atoms with Crippen LogP contribution in [0.2, 0.25) is 0 Å². The maximum absolute atomic E-state index is 12.8. The summed E-state index contributed by atoms with van der Waals surface area (Å²) in [5.74, 6) is 0.841. The number of rotatable bonds is 5. The fourth-order valence-corrected chi connectivity index (χ4v) is 4.48. The van der Waals surface area contributed by atoms with E-state index in [9.17, 15) is 4.79 Å². The monoisotopic (exact) mass is 392 g/mol. The Hall–Kier alpha value is -2.60. The topological polar surface area (TPSA) is 59.8 Å². The summed E-state index contributed by atoms with van der Waals surface area (Å²) in [6.45, 7) is 1.92. The minimum Gasteiger partial charge on any atom is -0.348 e. The molecule has 28 heavy (non-hydrogen) atoms. The molecule has 5 nitrogen and oxygen atoms in total. The van der Waals surface area contributed by atoms with Crippen LogP contribution in [0, 0.1) is 0 Å². The molecular weight excluding hydrogens is 368 g/mol. The fourth-order valence-electron chi connectivity index (χ4n) is 3.66. The van der Waals surface area contributed by atoms with Crippen LogP contribution < -0.4 is 5.32 Å². The number of carbonyl (C=O) groups is 1. The number of hydrogen-bond acceptors (Lipinski definition) is 4. The van der Waals surface area contributed by atoms with E-state index in [2.05, 4.69) is 33.7 Å². The minimum atomic E-state index is -0.249. The number of fused-ring (bicyclic) bond motifs is 1. The van der Waals surface area contributed by atoms with Gasteiger partial charge in [-0.15, -0.1) is 10.2 Å². The van der Waals surface area contributed by atoms with Crippen LogP contribution >= 0.6 is 11.8 Å². The summed E-state index contributed by atoms with van der Waals surface area (Å²) in [4.78, 5) is 12.8. The fraction of sp³-hybridized carbons (Fsp3) is 0.318. The van der Waals surface area contributed by atoms with Crippen molar-refractivity contribution in [3.05, 3.63) is 65.7 Å². The lowest BCUT2D eigenvalue weighted by atomic mass is 9.88. The number of nitrogens with zero attached hydrogens (tertiary/aromatic N) is 3. The van der Waals surface area contributed by atoms with Crippen LogP contribution in [-0.2, 0) is 18.3 Å². The Balaban J connectivity index is 1.44. The Morgan fingerprint density at radius 1 is 1.14 bits per heavy atom. The smallest absolute Gasteiger partial charge is 0.233 e. The molecule has 0 bridgehead atoms. The molecule has 2 aromatic carbocycles. The number of amides is 1. The molecule has 3 aromatic rings. The molecule has 1 heterocycles. The van der Waals surface area contributed by atoms with Crippen molar-refractivity contribution in [2.75, 3.05) is 0 Å². The molecule has 2 unspecified atom stereocenters. The van der Waals surface area contributed by atoms with Crippen LogP contribution in [0.5, 0.6) is 0 Å². The van der Waals surface area contributed by atoms with Gasteiger partial charge in [0.15, 0.2) is 11.0 Å². The van der Waals surface area contributed by atoms with Gasteiger partial charge in [-0.3, -0.25) is 4.79 Å². The van der Waals surface area contributed by atoms with Crippen LogP contribution in [0.1, 0.15) is 36.9 Å². The third kappa shape index (κ3) is 3.83. The first-order chi connectivity index (χ1) is 13.6. The van der Waals surface area contributed by atoms with Gasteiger partial charge in [-0.2, -0.15) is 0 Å². The van der Waals surface area contributed by atoms with E-state index in [0.717, 1.165) is 35.8 Å². The van der Waals surface area contributed by atoms with E-state index in [4.69, 9.17) is 0 Å². The van der Waals surface area contributed by atoms with E-state index < -0.39 is 0 Å². The number of thioether (sulfide) groups is 1. The molecular formula is C22H24N4OS. The van der Waals surface area contributed by atoms with Gasteiger partial charge in [-0.25, -0.2) is 0 Å². The summed E-state index contributed by atoms with van der Waals surface area (Å²) in [6.07, 6.45) is 3.18. The summed E-state index contributed by atoms with van der Waals surface area (Å²) in [7, 11) is 1.94. The highest BCUT2D eigenvalue weighted by atomic mass is 32.2. The highest BCUT2D eigenvalue weighted by Gasteiger charge is 2.25. The molecule has 6 heteroatoms. The largest absolute Gasteiger partial charge is 0.348 e. The zero-order chi connectivity index (χ0) is 19.5. The first kappa shape index (κ1) is 18.7. The molecule has 2 atom stereocenters. The summed E-state index contributed by atoms with van der Waals surface area (Å²) in [5.41, 5.74) is 3.62. The van der Waals surface area contributed by atoms with Gasteiger partial charge in [0.25, 0.3) is 0 Å². The Labute approximate surface area is 169 Å². The zero-order valence-corrected chi connectivity index (χ0v) is 16.9. The Kier molecular flexibility index (Phi) is 5.48. The van der Waals surface area contributed by atoms with Crippen molar-refractivity contribution in [2.45, 2.75) is 42.6 Å². The maximum atomic E-state index is 12.8. The number of benzene rings is 2. The van der Waals surface area contributed by atoms with Crippen LogP contribution in [0.3, 0.4) is 0 Å². The average Bonchev–Trinajstić information content (AvgIpc) is 3.09. The van der Waals surface area contributed by atoms with E-state index in [-0.39, 0.29) is 17.2 Å². The summed E-state index contributed by atoms with van der Waals surface area (Å²) in [6, 6.07) is 18.5. The van der Waals surface area contributed by atoms with Gasteiger partial charge in [-0.05, 0) is 37.3 Å².